The van der Waals surface area contributed by atoms with Gasteiger partial charge in [0.25, 0.3) is 0 Å². The fourth-order valence-corrected chi connectivity index (χ4v) is 7.14. The van der Waals surface area contributed by atoms with Crippen molar-refractivity contribution < 1.29 is 23.1 Å². The molecule has 3 heterocycles. The molecule has 3 aromatic rings. The number of hydrogen-bond donors (Lipinski definition) is 0. The van der Waals surface area contributed by atoms with E-state index < -0.39 is 28.3 Å². The van der Waals surface area contributed by atoms with Crippen LogP contribution in [0.2, 0.25) is 36.3 Å². The first kappa shape index (κ1) is 36.2. The number of nitrogens with zero attached hydrogens (tertiary/aromatic N) is 5. The molecular formula is C34H55N5O5Si2. The number of hydrogen-bond acceptors (Lipinski definition) is 8. The molecule has 0 spiro atoms. The second-order valence-electron chi connectivity index (χ2n) is 16.4. The van der Waals surface area contributed by atoms with Crippen molar-refractivity contribution >= 4 is 39.7 Å². The van der Waals surface area contributed by atoms with Crippen LogP contribution in [0.1, 0.15) is 80.5 Å². The van der Waals surface area contributed by atoms with E-state index in [2.05, 4.69) is 77.7 Å². The standard InChI is InChI=1S/C34H55N5O5Si2/c1-32(2,3)43-31(40)38(20-24-17-15-14-16-18-24)29-28-30(36-22-35-29)39(23-37-28)27-19-25(44-46(12,13)34(7,8)9)26(42-27)21-41-45(10,11)33(4,5)6/h14-18,22-23,25-27H,19-21H2,1-13H3/t25-,26+,27+/m0/s1. The Hall–Kier alpha value is -2.65. The number of anilines is 1. The van der Waals surface area contributed by atoms with Gasteiger partial charge < -0.3 is 18.3 Å². The minimum Gasteiger partial charge on any atom is -0.443 e. The van der Waals surface area contributed by atoms with E-state index in [4.69, 9.17) is 23.3 Å². The van der Waals surface area contributed by atoms with Gasteiger partial charge in [0.05, 0.1) is 25.6 Å². The molecule has 1 fully saturated rings. The molecular weight excluding hydrogens is 615 g/mol. The Bertz CT molecular complexity index is 1490. The van der Waals surface area contributed by atoms with Crippen LogP contribution in [-0.4, -0.2) is 66.7 Å². The van der Waals surface area contributed by atoms with Crippen LogP contribution in [0, 0.1) is 0 Å². The van der Waals surface area contributed by atoms with Crippen LogP contribution in [0.15, 0.2) is 43.0 Å². The van der Waals surface area contributed by atoms with Crippen molar-refractivity contribution in [2.75, 3.05) is 11.5 Å². The topological polar surface area (TPSA) is 101 Å². The number of carbonyl (C=O) groups is 1. The van der Waals surface area contributed by atoms with Gasteiger partial charge in [0.1, 0.15) is 24.3 Å². The van der Waals surface area contributed by atoms with E-state index in [1.54, 1.807) is 6.33 Å². The molecule has 10 nitrogen and oxygen atoms in total. The van der Waals surface area contributed by atoms with Crippen molar-refractivity contribution in [2.45, 2.75) is 136 Å². The third-order valence-corrected chi connectivity index (χ3v) is 18.6. The van der Waals surface area contributed by atoms with Crippen LogP contribution in [0.25, 0.3) is 11.2 Å². The maximum Gasteiger partial charge on any atom is 0.416 e. The SMILES string of the molecule is CC(C)(C)OC(=O)N(Cc1ccccc1)c1ncnc2c1ncn2[C@H]1C[C@H](O[Si](C)(C)C(C)(C)C)[C@@H](CO[Si](C)(C)C(C)(C)C)O1. The second-order valence-corrected chi connectivity index (χ2v) is 26.0. The molecule has 0 bridgehead atoms. The van der Waals surface area contributed by atoms with Gasteiger partial charge in [-0.15, -0.1) is 0 Å². The summed E-state index contributed by atoms with van der Waals surface area (Å²) in [5, 5.41) is 0.123. The third kappa shape index (κ3) is 8.25. The number of carbonyl (C=O) groups excluding carboxylic acids is 1. The van der Waals surface area contributed by atoms with E-state index in [1.807, 2.05) is 55.7 Å². The molecule has 1 aliphatic rings. The maximum absolute atomic E-state index is 13.6. The summed E-state index contributed by atoms with van der Waals surface area (Å²) in [5.74, 6) is 0.381. The summed E-state index contributed by atoms with van der Waals surface area (Å²) in [7, 11) is -4.14. The van der Waals surface area contributed by atoms with Crippen molar-refractivity contribution in [2.24, 2.45) is 0 Å². The highest BCUT2D eigenvalue weighted by molar-refractivity contribution is 6.74. The molecule has 3 atom stereocenters. The summed E-state index contributed by atoms with van der Waals surface area (Å²) < 4.78 is 28.2. The zero-order valence-corrected chi connectivity index (χ0v) is 32.2. The molecule has 1 aromatic carbocycles. The summed E-state index contributed by atoms with van der Waals surface area (Å²) >= 11 is 0. The number of rotatable bonds is 9. The third-order valence-electron chi connectivity index (χ3n) is 9.55. The molecule has 0 N–H and O–H groups in total. The average Bonchev–Trinajstić information content (AvgIpc) is 3.52. The monoisotopic (exact) mass is 669 g/mol. The second kappa shape index (κ2) is 13.1. The number of amides is 1. The van der Waals surface area contributed by atoms with E-state index in [0.717, 1.165) is 5.56 Å². The Balaban J connectivity index is 1.69. The van der Waals surface area contributed by atoms with Gasteiger partial charge in [-0.05, 0) is 62.6 Å². The highest BCUT2D eigenvalue weighted by Gasteiger charge is 2.47. The number of benzene rings is 1. The lowest BCUT2D eigenvalue weighted by atomic mass is 10.2. The molecule has 254 valence electrons. The minimum atomic E-state index is -2.12. The van der Waals surface area contributed by atoms with Gasteiger partial charge in [0, 0.05) is 6.42 Å². The molecule has 1 amide bonds. The Labute approximate surface area is 277 Å². The average molecular weight is 670 g/mol. The van der Waals surface area contributed by atoms with E-state index in [1.165, 1.54) is 11.2 Å². The van der Waals surface area contributed by atoms with Gasteiger partial charge >= 0.3 is 6.09 Å². The highest BCUT2D eigenvalue weighted by Crippen LogP contribution is 2.43. The largest absolute Gasteiger partial charge is 0.443 e. The van der Waals surface area contributed by atoms with Gasteiger partial charge in [-0.2, -0.15) is 0 Å². The molecule has 4 rings (SSSR count). The van der Waals surface area contributed by atoms with E-state index in [9.17, 15) is 4.79 Å². The van der Waals surface area contributed by atoms with Crippen LogP contribution in [0.3, 0.4) is 0 Å². The Morgan fingerprint density at radius 3 is 2.15 bits per heavy atom. The van der Waals surface area contributed by atoms with Crippen LogP contribution in [0.4, 0.5) is 10.6 Å². The molecule has 2 aromatic heterocycles. The molecule has 0 radical (unpaired) electrons. The summed E-state index contributed by atoms with van der Waals surface area (Å²) in [4.78, 5) is 29.0. The Morgan fingerprint density at radius 2 is 1.57 bits per heavy atom. The fourth-order valence-electron chi connectivity index (χ4n) is 4.76. The number of ether oxygens (including phenoxy) is 2. The van der Waals surface area contributed by atoms with Crippen LogP contribution >= 0.6 is 0 Å². The molecule has 0 aliphatic carbocycles. The zero-order chi connectivity index (χ0) is 34.3. The quantitative estimate of drug-likeness (QED) is 0.209. The van der Waals surface area contributed by atoms with Crippen molar-refractivity contribution in [3.05, 3.63) is 48.5 Å². The van der Waals surface area contributed by atoms with E-state index >= 15 is 0 Å². The Morgan fingerprint density at radius 1 is 0.935 bits per heavy atom. The first-order valence-corrected chi connectivity index (χ1v) is 22.1. The minimum absolute atomic E-state index is 0.0453. The molecule has 0 saturated carbocycles. The zero-order valence-electron chi connectivity index (χ0n) is 30.2. The van der Waals surface area contributed by atoms with Crippen LogP contribution < -0.4 is 4.90 Å². The molecule has 0 unspecified atom stereocenters. The maximum atomic E-state index is 13.6. The van der Waals surface area contributed by atoms with Gasteiger partial charge in [0.15, 0.2) is 33.6 Å². The molecule has 1 aliphatic heterocycles. The first-order chi connectivity index (χ1) is 21.1. The van der Waals surface area contributed by atoms with Crippen molar-refractivity contribution in [1.82, 2.24) is 19.5 Å². The van der Waals surface area contributed by atoms with Gasteiger partial charge in [0.2, 0.25) is 0 Å². The summed E-state index contributed by atoms with van der Waals surface area (Å²) in [6, 6.07) is 9.76. The normalized spacial score (nSPS) is 19.9. The predicted octanol–water partition coefficient (Wildman–Crippen LogP) is 8.47. The van der Waals surface area contributed by atoms with Crippen molar-refractivity contribution in [3.63, 3.8) is 0 Å². The lowest BCUT2D eigenvalue weighted by molar-refractivity contribution is -0.0383. The number of fused-ring (bicyclic) bond motifs is 1. The first-order valence-electron chi connectivity index (χ1n) is 16.3. The fraction of sp³-hybridized carbons (Fsp3) is 0.647. The van der Waals surface area contributed by atoms with Crippen molar-refractivity contribution in [1.29, 1.82) is 0 Å². The summed E-state index contributed by atoms with van der Waals surface area (Å²) in [5.41, 5.74) is 1.33. The number of imidazole rings is 1. The lowest BCUT2D eigenvalue weighted by Crippen LogP contribution is -2.48. The van der Waals surface area contributed by atoms with E-state index in [0.29, 0.717) is 30.0 Å². The predicted molar refractivity (Wildman–Crippen MR) is 188 cm³/mol. The molecule has 1 saturated heterocycles. The lowest BCUT2D eigenvalue weighted by Gasteiger charge is -2.40. The summed E-state index contributed by atoms with van der Waals surface area (Å²) in [6.07, 6.45) is 2.55. The van der Waals surface area contributed by atoms with E-state index in [-0.39, 0.29) is 35.1 Å². The highest BCUT2D eigenvalue weighted by atomic mass is 28.4. The van der Waals surface area contributed by atoms with Crippen molar-refractivity contribution in [3.8, 4) is 0 Å². The number of aromatic nitrogens is 4. The van der Waals surface area contributed by atoms with Gasteiger partial charge in [-0.3, -0.25) is 9.47 Å². The molecule has 12 heteroatoms. The summed E-state index contributed by atoms with van der Waals surface area (Å²) in [6.45, 7) is 28.8. The van der Waals surface area contributed by atoms with Gasteiger partial charge in [-0.25, -0.2) is 19.7 Å². The van der Waals surface area contributed by atoms with Crippen LogP contribution in [-0.2, 0) is 24.9 Å². The van der Waals surface area contributed by atoms with Gasteiger partial charge in [-0.1, -0.05) is 71.9 Å². The molecule has 46 heavy (non-hydrogen) atoms. The smallest absolute Gasteiger partial charge is 0.416 e. The van der Waals surface area contributed by atoms with Crippen LogP contribution in [0.5, 0.6) is 0 Å². The Kier molecular flexibility index (Phi) is 10.3.